The molecule has 1 aliphatic rings. The topological polar surface area (TPSA) is 83.4 Å². The van der Waals surface area contributed by atoms with Gasteiger partial charge in [-0.25, -0.2) is 4.98 Å². The summed E-state index contributed by atoms with van der Waals surface area (Å²) in [5.41, 5.74) is 2.08. The minimum Gasteiger partial charge on any atom is -0.454 e. The third kappa shape index (κ3) is 2.77. The number of thioether (sulfide) groups is 1. The molecule has 26 heavy (non-hydrogen) atoms. The number of ether oxygens (including phenoxy) is 2. The van der Waals surface area contributed by atoms with Gasteiger partial charge in [0.2, 0.25) is 18.5 Å². The van der Waals surface area contributed by atoms with Gasteiger partial charge in [0.1, 0.15) is 5.52 Å². The summed E-state index contributed by atoms with van der Waals surface area (Å²) >= 11 is 7.46. The average molecular weight is 388 g/mol. The van der Waals surface area contributed by atoms with Crippen LogP contribution in [0.1, 0.15) is 5.89 Å². The van der Waals surface area contributed by atoms with Crippen molar-refractivity contribution >= 4 is 34.5 Å². The molecule has 0 saturated carbocycles. The maximum atomic E-state index is 6.10. The highest BCUT2D eigenvalue weighted by Crippen LogP contribution is 2.35. The summed E-state index contributed by atoms with van der Waals surface area (Å²) in [6.45, 7) is 0.224. The van der Waals surface area contributed by atoms with E-state index in [1.165, 1.54) is 11.8 Å². The second kappa shape index (κ2) is 6.22. The van der Waals surface area contributed by atoms with Gasteiger partial charge >= 0.3 is 0 Å². The molecule has 7 nitrogen and oxygen atoms in total. The number of halogens is 1. The van der Waals surface area contributed by atoms with Crippen molar-refractivity contribution in [1.29, 1.82) is 0 Å². The van der Waals surface area contributed by atoms with E-state index in [4.69, 9.17) is 30.0 Å². The molecule has 0 fully saturated rings. The Balaban J connectivity index is 1.33. The van der Waals surface area contributed by atoms with Crippen LogP contribution in [0.2, 0.25) is 5.02 Å². The summed E-state index contributed by atoms with van der Waals surface area (Å²) in [4.78, 5) is 8.79. The summed E-state index contributed by atoms with van der Waals surface area (Å²) < 4.78 is 21.6. The van der Waals surface area contributed by atoms with Crippen molar-refractivity contribution in [2.45, 2.75) is 11.0 Å². The van der Waals surface area contributed by atoms with E-state index in [-0.39, 0.29) is 6.79 Å². The summed E-state index contributed by atoms with van der Waals surface area (Å²) in [7, 11) is 0. The number of aromatic nitrogens is 3. The first kappa shape index (κ1) is 15.5. The van der Waals surface area contributed by atoms with E-state index in [1.807, 2.05) is 30.3 Å². The summed E-state index contributed by atoms with van der Waals surface area (Å²) in [5, 5.41) is 5.04. The Hall–Kier alpha value is -2.71. The molecule has 9 heteroatoms. The number of oxazole rings is 1. The van der Waals surface area contributed by atoms with Crippen LogP contribution in [-0.2, 0) is 5.75 Å². The smallest absolute Gasteiger partial charge is 0.257 e. The third-order valence-corrected chi connectivity index (χ3v) is 4.88. The summed E-state index contributed by atoms with van der Waals surface area (Å²) in [6, 6.07) is 10.9. The molecule has 130 valence electrons. The molecular formula is C17H10ClN3O4S. The number of para-hydroxylation sites is 1. The van der Waals surface area contributed by atoms with Gasteiger partial charge in [-0.05, 0) is 30.3 Å². The molecule has 3 heterocycles. The molecule has 0 spiro atoms. The van der Waals surface area contributed by atoms with E-state index < -0.39 is 0 Å². The number of hydrogen-bond acceptors (Lipinski definition) is 8. The number of hydrogen-bond donors (Lipinski definition) is 0. The Labute approximate surface area is 156 Å². The lowest BCUT2D eigenvalue weighted by atomic mass is 10.2. The van der Waals surface area contributed by atoms with E-state index in [1.54, 1.807) is 6.07 Å². The van der Waals surface area contributed by atoms with Gasteiger partial charge in [0.15, 0.2) is 17.1 Å². The fraction of sp³-hybridized carbons (Fsp3) is 0.118. The Bertz CT molecular complexity index is 1110. The average Bonchev–Trinajstić information content (AvgIpc) is 3.38. The summed E-state index contributed by atoms with van der Waals surface area (Å²) in [6.07, 6.45) is 0. The van der Waals surface area contributed by atoms with Crippen molar-refractivity contribution in [3.63, 3.8) is 0 Å². The quantitative estimate of drug-likeness (QED) is 0.471. The molecular weight excluding hydrogens is 378 g/mol. The van der Waals surface area contributed by atoms with Crippen LogP contribution in [0.3, 0.4) is 0 Å². The van der Waals surface area contributed by atoms with E-state index in [0.29, 0.717) is 50.3 Å². The Kier molecular flexibility index (Phi) is 3.72. The van der Waals surface area contributed by atoms with Gasteiger partial charge in [-0.2, -0.15) is 4.98 Å². The summed E-state index contributed by atoms with van der Waals surface area (Å²) in [5.74, 6) is 2.77. The molecule has 0 atom stereocenters. The van der Waals surface area contributed by atoms with Gasteiger partial charge < -0.3 is 18.4 Å². The second-order valence-corrected chi connectivity index (χ2v) is 6.77. The van der Waals surface area contributed by atoms with Crippen LogP contribution in [0, 0.1) is 0 Å². The van der Waals surface area contributed by atoms with Crippen molar-refractivity contribution in [1.82, 2.24) is 15.1 Å². The highest BCUT2D eigenvalue weighted by atomic mass is 35.5. The first-order valence-corrected chi connectivity index (χ1v) is 9.03. The number of rotatable bonds is 4. The minimum absolute atomic E-state index is 0.224. The molecule has 5 rings (SSSR count). The molecule has 0 aliphatic carbocycles. The van der Waals surface area contributed by atoms with E-state index in [0.717, 1.165) is 5.56 Å². The normalized spacial score (nSPS) is 12.8. The van der Waals surface area contributed by atoms with Crippen molar-refractivity contribution < 1.29 is 18.4 Å². The number of nitrogens with zero attached hydrogens (tertiary/aromatic N) is 3. The van der Waals surface area contributed by atoms with E-state index in [2.05, 4.69) is 15.1 Å². The molecule has 1 aliphatic heterocycles. The SMILES string of the molecule is Clc1cccc2nc(SCc3nc(-c4ccc5c(c4)OCO5)no3)oc12. The number of fused-ring (bicyclic) bond motifs is 2. The molecule has 2 aromatic heterocycles. The Morgan fingerprint density at radius 1 is 1.08 bits per heavy atom. The minimum atomic E-state index is 0.224. The van der Waals surface area contributed by atoms with Gasteiger partial charge in [-0.3, -0.25) is 0 Å². The van der Waals surface area contributed by atoms with Crippen molar-refractivity contribution in [3.05, 3.63) is 47.3 Å². The van der Waals surface area contributed by atoms with Crippen molar-refractivity contribution in [2.24, 2.45) is 0 Å². The van der Waals surface area contributed by atoms with Crippen LogP contribution < -0.4 is 9.47 Å². The first-order valence-electron chi connectivity index (χ1n) is 7.67. The number of benzene rings is 2. The lowest BCUT2D eigenvalue weighted by molar-refractivity contribution is 0.174. The predicted octanol–water partition coefficient (Wildman–Crippen LogP) is 4.55. The van der Waals surface area contributed by atoms with Gasteiger partial charge in [0.25, 0.3) is 5.22 Å². The maximum absolute atomic E-state index is 6.10. The van der Waals surface area contributed by atoms with Crippen LogP contribution >= 0.6 is 23.4 Å². The molecule has 2 aromatic carbocycles. The van der Waals surface area contributed by atoms with Gasteiger partial charge in [0, 0.05) is 5.56 Å². The van der Waals surface area contributed by atoms with Crippen LogP contribution in [0.4, 0.5) is 0 Å². The van der Waals surface area contributed by atoms with E-state index in [9.17, 15) is 0 Å². The molecule has 0 N–H and O–H groups in total. The zero-order chi connectivity index (χ0) is 17.5. The maximum Gasteiger partial charge on any atom is 0.257 e. The second-order valence-electron chi connectivity index (χ2n) is 5.44. The molecule has 0 saturated heterocycles. The Morgan fingerprint density at radius 2 is 2.00 bits per heavy atom. The molecule has 0 bridgehead atoms. The zero-order valence-corrected chi connectivity index (χ0v) is 14.7. The highest BCUT2D eigenvalue weighted by molar-refractivity contribution is 7.98. The fourth-order valence-corrected chi connectivity index (χ4v) is 3.42. The van der Waals surface area contributed by atoms with Gasteiger partial charge in [-0.15, -0.1) is 0 Å². The van der Waals surface area contributed by atoms with Crippen LogP contribution in [0.25, 0.3) is 22.5 Å². The van der Waals surface area contributed by atoms with Gasteiger partial charge in [-0.1, -0.05) is 34.6 Å². The Morgan fingerprint density at radius 3 is 2.92 bits per heavy atom. The van der Waals surface area contributed by atoms with Gasteiger partial charge in [0.05, 0.1) is 10.8 Å². The largest absolute Gasteiger partial charge is 0.454 e. The predicted molar refractivity (Wildman–Crippen MR) is 94.4 cm³/mol. The van der Waals surface area contributed by atoms with E-state index >= 15 is 0 Å². The monoisotopic (exact) mass is 387 g/mol. The molecule has 0 radical (unpaired) electrons. The highest BCUT2D eigenvalue weighted by Gasteiger charge is 2.17. The van der Waals surface area contributed by atoms with Crippen molar-refractivity contribution in [3.8, 4) is 22.9 Å². The lowest BCUT2D eigenvalue weighted by Crippen LogP contribution is -1.92. The third-order valence-electron chi connectivity index (χ3n) is 3.77. The molecule has 4 aromatic rings. The fourth-order valence-electron chi connectivity index (χ4n) is 2.55. The standard InChI is InChI=1S/C17H10ClN3O4S/c18-10-2-1-3-11-15(10)24-17(19-11)26-7-14-20-16(21-25-14)9-4-5-12-13(6-9)23-8-22-12/h1-6H,7-8H2. The van der Waals surface area contributed by atoms with Crippen LogP contribution in [-0.4, -0.2) is 21.9 Å². The molecule has 0 unspecified atom stereocenters. The lowest BCUT2D eigenvalue weighted by Gasteiger charge is -1.97. The van der Waals surface area contributed by atoms with Crippen molar-refractivity contribution in [2.75, 3.05) is 6.79 Å². The van der Waals surface area contributed by atoms with Crippen LogP contribution in [0.5, 0.6) is 11.5 Å². The first-order chi connectivity index (χ1) is 12.8. The molecule has 0 amide bonds. The zero-order valence-electron chi connectivity index (χ0n) is 13.1. The van der Waals surface area contributed by atoms with Crippen LogP contribution in [0.15, 0.2) is 50.6 Å².